The zero-order valence-corrected chi connectivity index (χ0v) is 13.1. The van der Waals surface area contributed by atoms with Gasteiger partial charge in [0.2, 0.25) is 0 Å². The predicted octanol–water partition coefficient (Wildman–Crippen LogP) is 1.91. The van der Waals surface area contributed by atoms with Crippen molar-refractivity contribution in [3.63, 3.8) is 0 Å². The van der Waals surface area contributed by atoms with Crippen molar-refractivity contribution < 1.29 is 14.3 Å². The molecule has 3 amide bonds. The van der Waals surface area contributed by atoms with Gasteiger partial charge in [0.25, 0.3) is 0 Å². The minimum atomic E-state index is -0.523. The van der Waals surface area contributed by atoms with Crippen molar-refractivity contribution in [2.45, 2.75) is 45.8 Å². The first-order valence-corrected chi connectivity index (χ1v) is 7.68. The summed E-state index contributed by atoms with van der Waals surface area (Å²) in [7, 11) is 0. The highest BCUT2D eigenvalue weighted by atomic mass is 32.2. The van der Waals surface area contributed by atoms with Crippen LogP contribution in [0.5, 0.6) is 0 Å². The lowest BCUT2D eigenvalue weighted by Crippen LogP contribution is -2.54. The van der Waals surface area contributed by atoms with Crippen LogP contribution in [0.25, 0.3) is 0 Å². The molecule has 0 bridgehead atoms. The van der Waals surface area contributed by atoms with Gasteiger partial charge in [-0.1, -0.05) is 0 Å². The summed E-state index contributed by atoms with van der Waals surface area (Å²) in [5.41, 5.74) is -0.321. The molecule has 0 saturated heterocycles. The number of ether oxygens (including phenoxy) is 1. The highest BCUT2D eigenvalue weighted by Gasteiger charge is 2.18. The number of alkyl carbamates (subject to hydrolysis) is 1. The van der Waals surface area contributed by atoms with Crippen molar-refractivity contribution >= 4 is 23.9 Å². The van der Waals surface area contributed by atoms with Crippen LogP contribution in [-0.4, -0.2) is 42.4 Å². The molecule has 1 atom stereocenters. The Morgan fingerprint density at radius 1 is 1.26 bits per heavy atom. The van der Waals surface area contributed by atoms with Gasteiger partial charge in [-0.3, -0.25) is 0 Å². The average Bonchev–Trinajstić information content (AvgIpc) is 2.23. The quantitative estimate of drug-likeness (QED) is 0.653. The molecule has 19 heavy (non-hydrogen) atoms. The lowest BCUT2D eigenvalue weighted by Gasteiger charge is -2.24. The third-order valence-electron chi connectivity index (χ3n) is 1.97. The molecule has 0 radical (unpaired) electrons. The number of hydrogen-bond donors (Lipinski definition) is 3. The molecule has 0 unspecified atom stereocenters. The van der Waals surface area contributed by atoms with E-state index in [2.05, 4.69) is 16.0 Å². The van der Waals surface area contributed by atoms with Crippen LogP contribution in [0.1, 0.15) is 34.1 Å². The number of urea groups is 1. The van der Waals surface area contributed by atoms with Crippen LogP contribution in [-0.2, 0) is 4.74 Å². The number of hydrogen-bond acceptors (Lipinski definition) is 4. The molecule has 0 aromatic heterocycles. The van der Waals surface area contributed by atoms with Crippen LogP contribution in [0.2, 0.25) is 0 Å². The van der Waals surface area contributed by atoms with Gasteiger partial charge in [-0.2, -0.15) is 11.8 Å². The normalized spacial score (nSPS) is 12.5. The van der Waals surface area contributed by atoms with Crippen LogP contribution in [0.15, 0.2) is 0 Å². The van der Waals surface area contributed by atoms with Crippen LogP contribution in [0.3, 0.4) is 0 Å². The van der Waals surface area contributed by atoms with E-state index in [1.165, 1.54) is 0 Å². The van der Waals surface area contributed by atoms with E-state index < -0.39 is 12.3 Å². The predicted molar refractivity (Wildman–Crippen MR) is 78.4 cm³/mol. The van der Waals surface area contributed by atoms with Gasteiger partial charge in [0, 0.05) is 5.54 Å². The van der Waals surface area contributed by atoms with E-state index in [4.69, 9.17) is 4.74 Å². The average molecular weight is 291 g/mol. The molecule has 3 N–H and O–H groups in total. The smallest absolute Gasteiger partial charge is 0.408 e. The van der Waals surface area contributed by atoms with Crippen molar-refractivity contribution in [1.82, 2.24) is 16.0 Å². The van der Waals surface area contributed by atoms with E-state index in [9.17, 15) is 9.59 Å². The number of amides is 3. The van der Waals surface area contributed by atoms with Crippen LogP contribution >= 0.6 is 11.8 Å². The molecule has 0 aliphatic heterocycles. The molecule has 0 aromatic carbocycles. The molecular formula is C12H25N3O3S. The first-order chi connectivity index (χ1) is 8.78. The molecule has 112 valence electrons. The molecule has 0 heterocycles. The van der Waals surface area contributed by atoms with Gasteiger partial charge in [-0.25, -0.2) is 9.59 Å². The summed E-state index contributed by atoms with van der Waals surface area (Å²) in [4.78, 5) is 23.1. The molecule has 0 aromatic rings. The second-order valence-electron chi connectivity index (χ2n) is 5.05. The van der Waals surface area contributed by atoms with Gasteiger partial charge in [0.05, 0.1) is 6.61 Å². The Bertz CT molecular complexity index is 292. The molecule has 0 aliphatic rings. The van der Waals surface area contributed by atoms with Crippen molar-refractivity contribution in [1.29, 1.82) is 0 Å². The van der Waals surface area contributed by atoms with E-state index >= 15 is 0 Å². The van der Waals surface area contributed by atoms with E-state index in [1.807, 2.05) is 27.0 Å². The zero-order chi connectivity index (χ0) is 14.9. The van der Waals surface area contributed by atoms with Gasteiger partial charge in [-0.15, -0.1) is 0 Å². The monoisotopic (exact) mass is 291 g/mol. The molecule has 0 saturated carbocycles. The maximum atomic E-state index is 11.8. The van der Waals surface area contributed by atoms with Crippen LogP contribution in [0.4, 0.5) is 9.59 Å². The number of thioether (sulfide) groups is 1. The maximum Gasteiger partial charge on any atom is 0.408 e. The molecule has 0 aliphatic carbocycles. The highest BCUT2D eigenvalue weighted by molar-refractivity contribution is 7.98. The number of carbonyl (C=O) groups excluding carboxylic acids is 2. The third kappa shape index (κ3) is 10.5. The fourth-order valence-corrected chi connectivity index (χ4v) is 1.74. The van der Waals surface area contributed by atoms with E-state index in [0.29, 0.717) is 13.0 Å². The molecule has 0 rings (SSSR count). The first-order valence-electron chi connectivity index (χ1n) is 6.29. The van der Waals surface area contributed by atoms with Gasteiger partial charge in [0.1, 0.15) is 6.17 Å². The summed E-state index contributed by atoms with van der Waals surface area (Å²) in [6.45, 7) is 7.71. The summed E-state index contributed by atoms with van der Waals surface area (Å²) < 4.78 is 4.81. The Hall–Kier alpha value is -1.11. The molecule has 0 fully saturated rings. The largest absolute Gasteiger partial charge is 0.450 e. The minimum absolute atomic E-state index is 0.301. The lowest BCUT2D eigenvalue weighted by molar-refractivity contribution is 0.145. The van der Waals surface area contributed by atoms with Gasteiger partial charge in [-0.05, 0) is 46.1 Å². The fourth-order valence-electron chi connectivity index (χ4n) is 1.27. The molecule has 6 nitrogen and oxygen atoms in total. The Morgan fingerprint density at radius 3 is 2.37 bits per heavy atom. The second-order valence-corrected chi connectivity index (χ2v) is 6.03. The van der Waals surface area contributed by atoms with Gasteiger partial charge < -0.3 is 20.7 Å². The van der Waals surface area contributed by atoms with Crippen molar-refractivity contribution in [3.8, 4) is 0 Å². The SMILES string of the molecule is CCOC(=O)N[C@@H](CCSC)NC(=O)NC(C)(C)C. The summed E-state index contributed by atoms with van der Waals surface area (Å²) in [5, 5.41) is 8.13. The number of nitrogens with one attached hydrogen (secondary N) is 3. The van der Waals surface area contributed by atoms with Crippen LogP contribution < -0.4 is 16.0 Å². The molecule has 0 spiro atoms. The molecule has 7 heteroatoms. The maximum absolute atomic E-state index is 11.8. The Kier molecular flexibility index (Phi) is 8.38. The van der Waals surface area contributed by atoms with E-state index in [-0.39, 0.29) is 11.6 Å². The van der Waals surface area contributed by atoms with E-state index in [1.54, 1.807) is 18.7 Å². The number of rotatable bonds is 6. The standard InChI is InChI=1S/C12H25N3O3S/c1-6-18-11(17)14-9(7-8-19-5)13-10(16)15-12(2,3)4/h9H,6-8H2,1-5H3,(H,14,17)(H2,13,15,16)/t9-/m0/s1. The van der Waals surface area contributed by atoms with Crippen molar-refractivity contribution in [2.75, 3.05) is 18.6 Å². The first kappa shape index (κ1) is 17.9. The fraction of sp³-hybridized carbons (Fsp3) is 0.833. The third-order valence-corrected chi connectivity index (χ3v) is 2.62. The van der Waals surface area contributed by atoms with Crippen LogP contribution in [0, 0.1) is 0 Å². The summed E-state index contributed by atoms with van der Waals surface area (Å²) in [6.07, 6.45) is 1.65. The minimum Gasteiger partial charge on any atom is -0.450 e. The van der Waals surface area contributed by atoms with Gasteiger partial charge >= 0.3 is 12.1 Å². The topological polar surface area (TPSA) is 79.5 Å². The van der Waals surface area contributed by atoms with Crippen molar-refractivity contribution in [3.05, 3.63) is 0 Å². The Morgan fingerprint density at radius 2 is 1.89 bits per heavy atom. The summed E-state index contributed by atoms with van der Waals surface area (Å²) in [6, 6.07) is -0.310. The van der Waals surface area contributed by atoms with Crippen molar-refractivity contribution in [2.24, 2.45) is 0 Å². The second kappa shape index (κ2) is 8.90. The Balaban J connectivity index is 4.33. The highest BCUT2D eigenvalue weighted by Crippen LogP contribution is 2.01. The van der Waals surface area contributed by atoms with Gasteiger partial charge in [0.15, 0.2) is 0 Å². The molecular weight excluding hydrogens is 266 g/mol. The summed E-state index contributed by atoms with van der Waals surface area (Å²) >= 11 is 1.65. The Labute approximate surface area is 119 Å². The lowest BCUT2D eigenvalue weighted by atomic mass is 10.1. The number of carbonyl (C=O) groups is 2. The van der Waals surface area contributed by atoms with E-state index in [0.717, 1.165) is 5.75 Å². The summed E-state index contributed by atoms with van der Waals surface area (Å²) in [5.74, 6) is 0.826. The zero-order valence-electron chi connectivity index (χ0n) is 12.3.